The number of hydrogen-bond acceptors (Lipinski definition) is 4. The number of aromatic nitrogens is 3. The summed E-state index contributed by atoms with van der Waals surface area (Å²) in [6.45, 7) is 6.12. The molecule has 0 unspecified atom stereocenters. The van der Waals surface area contributed by atoms with Gasteiger partial charge in [0.2, 0.25) is 5.91 Å². The average molecular weight is 445 g/mol. The predicted octanol–water partition coefficient (Wildman–Crippen LogP) is 4.90. The van der Waals surface area contributed by atoms with Crippen LogP contribution < -0.4 is 5.32 Å². The summed E-state index contributed by atoms with van der Waals surface area (Å²) in [6.07, 6.45) is 0. The maximum atomic E-state index is 12.4. The van der Waals surface area contributed by atoms with Gasteiger partial charge in [-0.05, 0) is 66.0 Å². The minimum Gasteiger partial charge on any atom is -0.324 e. The van der Waals surface area contributed by atoms with Gasteiger partial charge in [-0.25, -0.2) is 0 Å². The van der Waals surface area contributed by atoms with E-state index in [9.17, 15) is 4.79 Å². The zero-order valence-electron chi connectivity index (χ0n) is 15.7. The van der Waals surface area contributed by atoms with Gasteiger partial charge in [-0.2, -0.15) is 0 Å². The number of benzene rings is 2. The van der Waals surface area contributed by atoms with Crippen molar-refractivity contribution in [3.63, 3.8) is 0 Å². The normalized spacial score (nSPS) is 10.9. The van der Waals surface area contributed by atoms with Gasteiger partial charge in [-0.3, -0.25) is 4.79 Å². The zero-order valence-corrected chi connectivity index (χ0v) is 18.1. The Hall–Kier alpha value is -2.12. The molecule has 0 spiro atoms. The molecule has 0 aliphatic carbocycles. The van der Waals surface area contributed by atoms with E-state index >= 15 is 0 Å². The molecule has 2 aromatic carbocycles. The molecule has 0 aliphatic heterocycles. The van der Waals surface area contributed by atoms with Crippen LogP contribution >= 0.6 is 27.7 Å². The van der Waals surface area contributed by atoms with Crippen molar-refractivity contribution in [3.05, 3.63) is 57.6 Å². The molecule has 0 fully saturated rings. The fraction of sp³-hybridized carbons (Fsp3) is 0.250. The zero-order chi connectivity index (χ0) is 19.6. The number of thioether (sulfide) groups is 1. The monoisotopic (exact) mass is 444 g/mol. The van der Waals surface area contributed by atoms with E-state index in [-0.39, 0.29) is 11.7 Å². The van der Waals surface area contributed by atoms with E-state index < -0.39 is 0 Å². The summed E-state index contributed by atoms with van der Waals surface area (Å²) in [4.78, 5) is 12.4. The summed E-state index contributed by atoms with van der Waals surface area (Å²) < 4.78 is 2.79. The van der Waals surface area contributed by atoms with Crippen LogP contribution in [0.2, 0.25) is 0 Å². The highest BCUT2D eigenvalue weighted by Crippen LogP contribution is 2.27. The molecule has 1 amide bonds. The van der Waals surface area contributed by atoms with Gasteiger partial charge in [-0.1, -0.05) is 35.5 Å². The summed E-state index contributed by atoms with van der Waals surface area (Å²) in [5.74, 6) is 0.974. The number of halogens is 1. The van der Waals surface area contributed by atoms with Gasteiger partial charge in [0, 0.05) is 17.1 Å². The Morgan fingerprint density at radius 2 is 1.89 bits per heavy atom. The first-order valence-corrected chi connectivity index (χ1v) is 10.3. The number of aryl methyl sites for hydroxylation is 3. The number of nitrogens with zero attached hydrogens (tertiary/aromatic N) is 3. The highest BCUT2D eigenvalue weighted by atomic mass is 79.9. The minimum absolute atomic E-state index is 0.0796. The van der Waals surface area contributed by atoms with Gasteiger partial charge in [0.25, 0.3) is 0 Å². The Bertz CT molecular complexity index is 1000. The smallest absolute Gasteiger partial charge is 0.234 e. The lowest BCUT2D eigenvalue weighted by molar-refractivity contribution is -0.113. The van der Waals surface area contributed by atoms with E-state index in [2.05, 4.69) is 37.5 Å². The molecule has 3 rings (SSSR count). The van der Waals surface area contributed by atoms with Crippen LogP contribution in [0.1, 0.15) is 16.7 Å². The van der Waals surface area contributed by atoms with Crippen molar-refractivity contribution in [1.82, 2.24) is 14.8 Å². The minimum atomic E-state index is -0.0796. The number of nitrogens with one attached hydrogen (secondary N) is 1. The fourth-order valence-corrected chi connectivity index (χ4v) is 3.94. The molecule has 5 nitrogen and oxygen atoms in total. The second-order valence-corrected chi connectivity index (χ2v) is 8.28. The quantitative estimate of drug-likeness (QED) is 0.568. The molecule has 0 saturated carbocycles. The Morgan fingerprint density at radius 1 is 1.15 bits per heavy atom. The average Bonchev–Trinajstić information content (AvgIpc) is 2.98. The predicted molar refractivity (Wildman–Crippen MR) is 114 cm³/mol. The first-order valence-electron chi connectivity index (χ1n) is 8.51. The number of rotatable bonds is 5. The molecule has 0 radical (unpaired) electrons. The second-order valence-electron chi connectivity index (χ2n) is 6.49. The van der Waals surface area contributed by atoms with Crippen LogP contribution in [0.25, 0.3) is 11.4 Å². The maximum absolute atomic E-state index is 12.4. The topological polar surface area (TPSA) is 59.8 Å². The Labute approximate surface area is 171 Å². The molecule has 0 atom stereocenters. The molecule has 1 aromatic heterocycles. The van der Waals surface area contributed by atoms with Gasteiger partial charge in [0.15, 0.2) is 11.0 Å². The Kier molecular flexibility index (Phi) is 6.01. The maximum Gasteiger partial charge on any atom is 0.234 e. The molecule has 0 aliphatic rings. The van der Waals surface area contributed by atoms with Crippen molar-refractivity contribution < 1.29 is 4.79 Å². The van der Waals surface area contributed by atoms with Crippen molar-refractivity contribution in [2.75, 3.05) is 11.1 Å². The Morgan fingerprint density at radius 3 is 2.63 bits per heavy atom. The molecule has 1 heterocycles. The van der Waals surface area contributed by atoms with E-state index in [4.69, 9.17) is 0 Å². The van der Waals surface area contributed by atoms with Crippen molar-refractivity contribution in [1.29, 1.82) is 0 Å². The molecular formula is C20H21BrN4OS. The summed E-state index contributed by atoms with van der Waals surface area (Å²) in [5, 5.41) is 12.2. The van der Waals surface area contributed by atoms with E-state index in [0.29, 0.717) is 5.16 Å². The van der Waals surface area contributed by atoms with Crippen LogP contribution in [0.3, 0.4) is 0 Å². The molecule has 0 bridgehead atoms. The summed E-state index contributed by atoms with van der Waals surface area (Å²) in [5.41, 5.74) is 5.28. The molecular weight excluding hydrogens is 424 g/mol. The van der Waals surface area contributed by atoms with Gasteiger partial charge in [0.05, 0.1) is 11.4 Å². The first-order chi connectivity index (χ1) is 12.8. The van der Waals surface area contributed by atoms with E-state index in [1.165, 1.54) is 22.9 Å². The summed E-state index contributed by atoms with van der Waals surface area (Å²) in [6, 6.07) is 12.1. The fourth-order valence-electron chi connectivity index (χ4n) is 2.67. The largest absolute Gasteiger partial charge is 0.324 e. The Balaban J connectivity index is 1.67. The first kappa shape index (κ1) is 19.6. The number of anilines is 1. The number of carbonyl (C=O) groups excluding carboxylic acids is 1. The van der Waals surface area contributed by atoms with Gasteiger partial charge < -0.3 is 9.88 Å². The molecule has 1 N–H and O–H groups in total. The van der Waals surface area contributed by atoms with Crippen LogP contribution in [0.4, 0.5) is 5.69 Å². The third kappa shape index (κ3) is 4.59. The van der Waals surface area contributed by atoms with Gasteiger partial charge >= 0.3 is 0 Å². The molecule has 27 heavy (non-hydrogen) atoms. The van der Waals surface area contributed by atoms with E-state index in [1.807, 2.05) is 62.7 Å². The van der Waals surface area contributed by atoms with Crippen LogP contribution in [0.5, 0.6) is 0 Å². The van der Waals surface area contributed by atoms with Gasteiger partial charge in [-0.15, -0.1) is 10.2 Å². The van der Waals surface area contributed by atoms with Crippen LogP contribution in [0.15, 0.2) is 46.0 Å². The van der Waals surface area contributed by atoms with Crippen molar-refractivity contribution in [3.8, 4) is 11.4 Å². The lowest BCUT2D eigenvalue weighted by Gasteiger charge is -2.10. The highest BCUT2D eigenvalue weighted by Gasteiger charge is 2.14. The number of hydrogen-bond donors (Lipinski definition) is 1. The lowest BCUT2D eigenvalue weighted by Crippen LogP contribution is -2.15. The second kappa shape index (κ2) is 8.27. The molecule has 3 aromatic rings. The third-order valence-corrected chi connectivity index (χ3v) is 5.98. The van der Waals surface area contributed by atoms with E-state index in [1.54, 1.807) is 0 Å². The van der Waals surface area contributed by atoms with E-state index in [0.717, 1.165) is 27.1 Å². The third-order valence-electron chi connectivity index (χ3n) is 4.30. The van der Waals surface area contributed by atoms with Crippen molar-refractivity contribution in [2.24, 2.45) is 7.05 Å². The standard InChI is InChI=1S/C20H21BrN4OS/c1-12-6-5-7-15(8-12)19-23-24-20(25(19)4)27-11-18(26)22-17-10-14(3)13(2)9-16(17)21/h5-10H,11H2,1-4H3,(H,22,26). The van der Waals surface area contributed by atoms with Crippen LogP contribution in [0, 0.1) is 20.8 Å². The molecule has 140 valence electrons. The lowest BCUT2D eigenvalue weighted by atomic mass is 10.1. The summed E-state index contributed by atoms with van der Waals surface area (Å²) in [7, 11) is 1.91. The van der Waals surface area contributed by atoms with Crippen LogP contribution in [-0.4, -0.2) is 26.4 Å². The van der Waals surface area contributed by atoms with Crippen molar-refractivity contribution in [2.45, 2.75) is 25.9 Å². The van der Waals surface area contributed by atoms with Crippen molar-refractivity contribution >= 4 is 39.3 Å². The number of amides is 1. The van der Waals surface area contributed by atoms with Crippen LogP contribution in [-0.2, 0) is 11.8 Å². The SMILES string of the molecule is Cc1cccc(-c2nnc(SCC(=O)Nc3cc(C)c(C)cc3Br)n2C)c1. The molecule has 0 saturated heterocycles. The molecule has 7 heteroatoms. The highest BCUT2D eigenvalue weighted by molar-refractivity contribution is 9.10. The number of carbonyl (C=O) groups is 1. The van der Waals surface area contributed by atoms with Gasteiger partial charge in [0.1, 0.15) is 0 Å². The summed E-state index contributed by atoms with van der Waals surface area (Å²) >= 11 is 4.87.